The number of fused-ring (bicyclic) bond motifs is 2. The number of benzene rings is 6. The second-order valence-corrected chi connectivity index (χ2v) is 40.1. The van der Waals surface area contributed by atoms with Gasteiger partial charge in [0, 0.05) is 30.6 Å². The number of nitrogens with zero attached hydrogens (tertiary/aromatic N) is 2. The lowest BCUT2D eigenvalue weighted by Crippen LogP contribution is -2.66. The maximum Gasteiger partial charge on any atom is 0.261 e. The number of rotatable bonds is 18. The summed E-state index contributed by atoms with van der Waals surface area (Å²) in [5.41, 5.74) is 1.39. The molecule has 452 valence electrons. The van der Waals surface area contributed by atoms with Gasteiger partial charge in [-0.25, -0.2) is 41.6 Å². The number of aliphatic hydroxyl groups is 1. The molecular formula is C63H81N2O12PS4Si2. The summed E-state index contributed by atoms with van der Waals surface area (Å²) in [5, 5.41) is 15.4. The van der Waals surface area contributed by atoms with Crippen LogP contribution in [0.1, 0.15) is 104 Å². The number of ketones is 1. The summed E-state index contributed by atoms with van der Waals surface area (Å²) in [4.78, 5) is 13.0. The van der Waals surface area contributed by atoms with Crippen molar-refractivity contribution in [3.63, 3.8) is 0 Å². The van der Waals surface area contributed by atoms with Gasteiger partial charge in [-0.1, -0.05) is 197 Å². The molecule has 0 saturated heterocycles. The van der Waals surface area contributed by atoms with Crippen molar-refractivity contribution in [2.75, 3.05) is 31.7 Å². The van der Waals surface area contributed by atoms with Crippen LogP contribution < -0.4 is 20.7 Å². The predicted molar refractivity (Wildman–Crippen MR) is 350 cm³/mol. The van der Waals surface area contributed by atoms with Crippen molar-refractivity contribution in [1.82, 2.24) is 7.94 Å². The van der Waals surface area contributed by atoms with Gasteiger partial charge in [0.1, 0.15) is 5.69 Å². The number of carbonyl (C=O) groups excluding carboxylic acids is 1. The van der Waals surface area contributed by atoms with Crippen LogP contribution in [0.15, 0.2) is 168 Å². The van der Waals surface area contributed by atoms with Crippen molar-refractivity contribution in [2.45, 2.75) is 108 Å². The van der Waals surface area contributed by atoms with Gasteiger partial charge in [0.25, 0.3) is 16.6 Å². The highest BCUT2D eigenvalue weighted by Gasteiger charge is 2.51. The van der Waals surface area contributed by atoms with Gasteiger partial charge in [-0.2, -0.15) is 0 Å². The van der Waals surface area contributed by atoms with Crippen molar-refractivity contribution in [3.05, 3.63) is 180 Å². The molecule has 0 aliphatic rings. The Labute approximate surface area is 504 Å². The van der Waals surface area contributed by atoms with Crippen molar-refractivity contribution >= 4 is 114 Å². The van der Waals surface area contributed by atoms with Gasteiger partial charge < -0.3 is 14.0 Å². The minimum Gasteiger partial charge on any atom is -0.403 e. The standard InChI is InChI=1S/C31H39NO6S2Si.C31H37NO6S2Si.CH5P/c2*1-22(2)30(33)28-19-23-18-24(29(39(6,34)35)20-27(23)32(28)40(7,36)37)21-38-41(31(3,4)5,25-14-10-8-11-15-25)26-16-12-9-13-17-26;1-2/h8-20,22,30,33H,21H2,1-7H3;8-20,22H,21H2,1-7H3;2H2,1H3/i;;1D. The highest BCUT2D eigenvalue weighted by atomic mass is 32.2. The Morgan fingerprint density at radius 1 is 0.536 bits per heavy atom. The molecule has 0 amide bonds. The number of aromatic nitrogens is 2. The molecule has 0 saturated carbocycles. The first-order chi connectivity index (χ1) is 39.4. The molecule has 2 unspecified atom stereocenters. The molecule has 0 spiro atoms. The molecule has 0 aliphatic heterocycles. The van der Waals surface area contributed by atoms with Gasteiger partial charge in [-0.05, 0) is 84.3 Å². The highest BCUT2D eigenvalue weighted by Crippen LogP contribution is 2.41. The Balaban J connectivity index is 0.000000260. The first-order valence-electron chi connectivity index (χ1n) is 28.0. The summed E-state index contributed by atoms with van der Waals surface area (Å²) in [6.07, 6.45) is 3.19. The lowest BCUT2D eigenvalue weighted by molar-refractivity contribution is 0.0933. The quantitative estimate of drug-likeness (QED) is 0.0485. The second kappa shape index (κ2) is 25.9. The molecule has 2 atom stereocenters. The van der Waals surface area contributed by atoms with Gasteiger partial charge >= 0.3 is 0 Å². The molecule has 0 bridgehead atoms. The molecule has 0 aliphatic carbocycles. The van der Waals surface area contributed by atoms with Crippen LogP contribution in [0.5, 0.6) is 0 Å². The molecule has 2 aromatic heterocycles. The zero-order valence-corrected chi connectivity index (χ0v) is 56.8. The molecule has 0 radical (unpaired) electrons. The smallest absolute Gasteiger partial charge is 0.261 e. The fourth-order valence-corrected chi connectivity index (χ4v) is 24.1. The Hall–Kier alpha value is -5.39. The molecule has 6 aromatic carbocycles. The molecule has 21 heteroatoms. The third-order valence-corrected chi connectivity index (χ3v) is 29.3. The van der Waals surface area contributed by atoms with E-state index in [1.54, 1.807) is 45.9 Å². The third kappa shape index (κ3) is 14.0. The predicted octanol–water partition coefficient (Wildman–Crippen LogP) is 9.88. The number of hydrogen-bond acceptors (Lipinski definition) is 12. The van der Waals surface area contributed by atoms with Crippen LogP contribution in [0.4, 0.5) is 0 Å². The average molecular weight is 1270 g/mol. The van der Waals surface area contributed by atoms with Crippen LogP contribution in [0.3, 0.4) is 0 Å². The minimum atomic E-state index is -3.92. The number of hydrogen-bond donors (Lipinski definition) is 1. The molecular weight excluding hydrogens is 1190 g/mol. The van der Waals surface area contributed by atoms with Crippen molar-refractivity contribution in [2.24, 2.45) is 11.8 Å². The number of carbonyl (C=O) groups is 1. The van der Waals surface area contributed by atoms with E-state index in [4.69, 9.17) is 10.2 Å². The zero-order valence-electron chi connectivity index (χ0n) is 51.4. The summed E-state index contributed by atoms with van der Waals surface area (Å²) < 4.78 is 126. The van der Waals surface area contributed by atoms with E-state index < -0.39 is 68.4 Å². The fraction of sp³-hybridized carbons (Fsp3) is 0.349. The summed E-state index contributed by atoms with van der Waals surface area (Å²) in [5.74, 6) is -1.06. The molecule has 1 N–H and O–H groups in total. The summed E-state index contributed by atoms with van der Waals surface area (Å²) in [6, 6.07) is 49.4. The number of Topliss-reactive ketones (excluding diaryl/α,β-unsaturated/α-hetero) is 1. The van der Waals surface area contributed by atoms with Crippen molar-refractivity contribution < 1.29 is 53.8 Å². The van der Waals surface area contributed by atoms with E-state index in [-0.39, 0.29) is 67.2 Å². The topological polar surface area (TPSA) is 202 Å². The van der Waals surface area contributed by atoms with E-state index in [0.717, 1.165) is 53.7 Å². The third-order valence-electron chi connectivity index (χ3n) is 14.8. The van der Waals surface area contributed by atoms with Crippen LogP contribution in [-0.4, -0.2) is 101 Å². The molecule has 2 heterocycles. The van der Waals surface area contributed by atoms with Gasteiger partial charge in [0.05, 0.1) is 58.3 Å². The highest BCUT2D eigenvalue weighted by molar-refractivity contribution is 7.91. The lowest BCUT2D eigenvalue weighted by Gasteiger charge is -2.43. The first kappa shape index (κ1) is 66.1. The first-order valence-corrected chi connectivity index (χ1v) is 39.4. The van der Waals surface area contributed by atoms with Crippen LogP contribution in [0, 0.1) is 11.8 Å². The second-order valence-electron chi connectivity index (χ2n) is 23.8. The SMILES string of the molecule is CC(C)C(=O)c1cc2cc(CO[Si](c3ccccc3)(c3ccccc3)C(C)(C)C)c(S(C)(=O)=O)cc2n1S(C)(=O)=O.CC(C)C(O)c1cc2cc(CO[Si](c3ccccc3)(c3ccccc3)C(C)(C)C)c(S(C)(=O)=O)cc2n1S(C)(=O)=O.[2H]CP. The fourth-order valence-electron chi connectivity index (χ4n) is 11.1. The summed E-state index contributed by atoms with van der Waals surface area (Å²) in [7, 11) is -19.1. The Kier molecular flexibility index (Phi) is 20.4. The van der Waals surface area contributed by atoms with Gasteiger partial charge in [-0.3, -0.25) is 4.79 Å². The molecule has 84 heavy (non-hydrogen) atoms. The molecule has 8 aromatic rings. The van der Waals surface area contributed by atoms with Gasteiger partial charge in [0.15, 0.2) is 25.5 Å². The monoisotopic (exact) mass is 1270 g/mol. The van der Waals surface area contributed by atoms with Crippen LogP contribution >= 0.6 is 9.24 Å². The number of sulfone groups is 2. The van der Waals surface area contributed by atoms with E-state index in [0.29, 0.717) is 28.5 Å². The van der Waals surface area contributed by atoms with Crippen LogP contribution in [0.25, 0.3) is 21.8 Å². The minimum absolute atomic E-state index is 0.00186. The van der Waals surface area contributed by atoms with E-state index in [1.165, 1.54) is 18.2 Å². The van der Waals surface area contributed by atoms with Crippen LogP contribution in [0.2, 0.25) is 10.1 Å². The van der Waals surface area contributed by atoms with Crippen molar-refractivity contribution in [3.8, 4) is 0 Å². The zero-order chi connectivity index (χ0) is 63.5. The maximum atomic E-state index is 13.1. The molecule has 14 nitrogen and oxygen atoms in total. The van der Waals surface area contributed by atoms with E-state index >= 15 is 0 Å². The normalized spacial score (nSPS) is 13.5. The van der Waals surface area contributed by atoms with Crippen molar-refractivity contribution in [1.29, 1.82) is 0 Å². The largest absolute Gasteiger partial charge is 0.403 e. The Morgan fingerprint density at radius 2 is 0.845 bits per heavy atom. The molecule has 8 rings (SSSR count). The number of aliphatic hydroxyl groups excluding tert-OH is 1. The Morgan fingerprint density at radius 3 is 1.12 bits per heavy atom. The lowest BCUT2D eigenvalue weighted by atomic mass is 10.0. The van der Waals surface area contributed by atoms with Gasteiger partial charge in [0.2, 0.25) is 20.0 Å². The maximum absolute atomic E-state index is 13.1. The van der Waals surface area contributed by atoms with E-state index in [1.807, 2.05) is 72.8 Å². The Bertz CT molecular complexity index is 4060. The van der Waals surface area contributed by atoms with Crippen LogP contribution in [-0.2, 0) is 61.8 Å². The molecule has 0 fully saturated rings. The van der Waals surface area contributed by atoms with E-state index in [9.17, 15) is 43.6 Å². The van der Waals surface area contributed by atoms with E-state index in [2.05, 4.69) is 99.3 Å². The summed E-state index contributed by atoms with van der Waals surface area (Å²) >= 11 is 0. The average Bonchev–Trinajstić information content (AvgIpc) is 2.03. The van der Waals surface area contributed by atoms with Gasteiger partial charge in [-0.15, -0.1) is 9.24 Å². The summed E-state index contributed by atoms with van der Waals surface area (Å²) in [6.45, 7) is 20.2.